The Morgan fingerprint density at radius 3 is 2.95 bits per heavy atom. The van der Waals surface area contributed by atoms with Crippen LogP contribution in [0.2, 0.25) is 0 Å². The van der Waals surface area contributed by atoms with E-state index in [4.69, 9.17) is 0 Å². The van der Waals surface area contributed by atoms with Gasteiger partial charge in [0.15, 0.2) is 0 Å². The predicted molar refractivity (Wildman–Crippen MR) is 75.1 cm³/mol. The van der Waals surface area contributed by atoms with Gasteiger partial charge in [0.05, 0.1) is 31.1 Å². The number of hydrogen-bond donors (Lipinski definition) is 3. The summed E-state index contributed by atoms with van der Waals surface area (Å²) in [5.74, 6) is 0.199. The van der Waals surface area contributed by atoms with Gasteiger partial charge in [0.2, 0.25) is 5.91 Å². The number of imidazole rings is 1. The number of rotatable bonds is 5. The maximum absolute atomic E-state index is 12.2. The second-order valence-electron chi connectivity index (χ2n) is 5.63. The maximum Gasteiger partial charge on any atom is 0.226 e. The summed E-state index contributed by atoms with van der Waals surface area (Å²) in [5, 5.41) is 16.7. The minimum atomic E-state index is -0.251. The first-order chi connectivity index (χ1) is 10.1. The summed E-state index contributed by atoms with van der Waals surface area (Å²) in [7, 11) is 1.85. The summed E-state index contributed by atoms with van der Waals surface area (Å²) in [4.78, 5) is 19.0. The van der Waals surface area contributed by atoms with E-state index < -0.39 is 0 Å². The number of nitrogens with one attached hydrogen (secondary N) is 2. The average molecular weight is 289 g/mol. The molecule has 2 heterocycles. The molecule has 3 rings (SSSR count). The summed E-state index contributed by atoms with van der Waals surface area (Å²) in [6, 6.07) is -0.0995. The number of aromatic nitrogens is 4. The first kappa shape index (κ1) is 13.8. The van der Waals surface area contributed by atoms with E-state index in [2.05, 4.69) is 20.4 Å². The Hall–Kier alpha value is -2.15. The van der Waals surface area contributed by atoms with E-state index in [9.17, 15) is 9.90 Å². The summed E-state index contributed by atoms with van der Waals surface area (Å²) in [6.07, 6.45) is 8.32. The van der Waals surface area contributed by atoms with E-state index in [1.165, 1.54) is 0 Å². The van der Waals surface area contributed by atoms with Gasteiger partial charge in [-0.3, -0.25) is 9.48 Å². The van der Waals surface area contributed by atoms with Crippen LogP contribution in [0.4, 0.5) is 0 Å². The lowest BCUT2D eigenvalue weighted by Gasteiger charge is -2.37. The molecule has 112 valence electrons. The van der Waals surface area contributed by atoms with Gasteiger partial charge in [0.25, 0.3) is 0 Å². The number of H-pyrrole nitrogens is 1. The van der Waals surface area contributed by atoms with Crippen molar-refractivity contribution in [2.24, 2.45) is 13.0 Å². The third-order valence-electron chi connectivity index (χ3n) is 3.93. The third-order valence-corrected chi connectivity index (χ3v) is 3.93. The molecule has 0 radical (unpaired) electrons. The van der Waals surface area contributed by atoms with Crippen LogP contribution < -0.4 is 5.32 Å². The second-order valence-corrected chi connectivity index (χ2v) is 5.63. The van der Waals surface area contributed by atoms with Crippen LogP contribution in [0, 0.1) is 5.92 Å². The summed E-state index contributed by atoms with van der Waals surface area (Å²) in [6.45, 7) is 0. The molecular weight excluding hydrogens is 270 g/mol. The fourth-order valence-corrected chi connectivity index (χ4v) is 2.75. The van der Waals surface area contributed by atoms with Gasteiger partial charge in [-0.1, -0.05) is 0 Å². The Morgan fingerprint density at radius 1 is 1.57 bits per heavy atom. The molecule has 1 atom stereocenters. The van der Waals surface area contributed by atoms with Gasteiger partial charge >= 0.3 is 0 Å². The van der Waals surface area contributed by atoms with Crippen LogP contribution in [-0.4, -0.2) is 36.9 Å². The van der Waals surface area contributed by atoms with Crippen molar-refractivity contribution in [1.29, 1.82) is 0 Å². The van der Waals surface area contributed by atoms with Crippen LogP contribution >= 0.6 is 0 Å². The molecule has 2 aromatic rings. The number of hydrogen-bond acceptors (Lipinski definition) is 4. The molecule has 2 aromatic heterocycles. The largest absolute Gasteiger partial charge is 0.393 e. The zero-order chi connectivity index (χ0) is 14.8. The van der Waals surface area contributed by atoms with Crippen LogP contribution in [-0.2, 0) is 18.3 Å². The van der Waals surface area contributed by atoms with Gasteiger partial charge in [-0.05, 0) is 18.8 Å². The summed E-state index contributed by atoms with van der Waals surface area (Å²) >= 11 is 0. The van der Waals surface area contributed by atoms with Crippen LogP contribution in [0.5, 0.6) is 0 Å². The molecule has 1 unspecified atom stereocenters. The molecule has 1 aliphatic carbocycles. The molecule has 1 fully saturated rings. The molecule has 21 heavy (non-hydrogen) atoms. The van der Waals surface area contributed by atoms with E-state index in [-0.39, 0.29) is 30.4 Å². The maximum atomic E-state index is 12.2. The van der Waals surface area contributed by atoms with Crippen molar-refractivity contribution >= 4 is 5.91 Å². The van der Waals surface area contributed by atoms with Gasteiger partial charge in [-0.2, -0.15) is 5.10 Å². The number of aryl methyl sites for hydroxylation is 1. The third kappa shape index (κ3) is 3.13. The highest BCUT2D eigenvalue weighted by Crippen LogP contribution is 2.37. The zero-order valence-corrected chi connectivity index (χ0v) is 11.9. The highest BCUT2D eigenvalue weighted by Gasteiger charge is 2.36. The van der Waals surface area contributed by atoms with Crippen molar-refractivity contribution in [3.63, 3.8) is 0 Å². The van der Waals surface area contributed by atoms with Gasteiger partial charge in [-0.15, -0.1) is 0 Å². The molecule has 0 saturated heterocycles. The molecule has 1 saturated carbocycles. The monoisotopic (exact) mass is 289 g/mol. The highest BCUT2D eigenvalue weighted by molar-refractivity contribution is 5.78. The molecule has 0 aliphatic heterocycles. The first-order valence-electron chi connectivity index (χ1n) is 7.05. The zero-order valence-electron chi connectivity index (χ0n) is 11.9. The number of amides is 1. The molecule has 3 N–H and O–H groups in total. The number of carbonyl (C=O) groups is 1. The van der Waals surface area contributed by atoms with E-state index in [1.807, 2.05) is 13.2 Å². The van der Waals surface area contributed by atoms with Crippen molar-refractivity contribution in [3.05, 3.63) is 36.2 Å². The SMILES string of the molecule is Cn1cc(C(NC(=O)Cc2cnc[nH]2)C2CC(O)C2)cn1. The van der Waals surface area contributed by atoms with Gasteiger partial charge in [0, 0.05) is 30.7 Å². The fourth-order valence-electron chi connectivity index (χ4n) is 2.75. The Labute approximate surface area is 122 Å². The van der Waals surface area contributed by atoms with E-state index in [0.29, 0.717) is 12.8 Å². The number of nitrogens with zero attached hydrogens (tertiary/aromatic N) is 3. The fraction of sp³-hybridized carbons (Fsp3) is 0.500. The molecule has 1 amide bonds. The highest BCUT2D eigenvalue weighted by atomic mass is 16.3. The lowest BCUT2D eigenvalue weighted by Crippen LogP contribution is -2.41. The van der Waals surface area contributed by atoms with E-state index in [0.717, 1.165) is 11.3 Å². The number of carbonyl (C=O) groups excluding carboxylic acids is 1. The lowest BCUT2D eigenvalue weighted by atomic mass is 9.75. The Morgan fingerprint density at radius 2 is 2.38 bits per heavy atom. The van der Waals surface area contributed by atoms with Crippen LogP contribution in [0.1, 0.15) is 30.1 Å². The van der Waals surface area contributed by atoms with E-state index in [1.54, 1.807) is 23.4 Å². The van der Waals surface area contributed by atoms with Crippen molar-refractivity contribution in [2.75, 3.05) is 0 Å². The molecule has 1 aliphatic rings. The number of aliphatic hydroxyl groups is 1. The topological polar surface area (TPSA) is 95.8 Å². The molecule has 7 nitrogen and oxygen atoms in total. The Kier molecular flexibility index (Phi) is 3.74. The second kappa shape index (κ2) is 5.69. The van der Waals surface area contributed by atoms with Crippen molar-refractivity contribution in [2.45, 2.75) is 31.4 Å². The van der Waals surface area contributed by atoms with Crippen LogP contribution in [0.25, 0.3) is 0 Å². The Balaban J connectivity index is 1.68. The normalized spacial score (nSPS) is 22.6. The summed E-state index contributed by atoms with van der Waals surface area (Å²) < 4.78 is 1.72. The number of aromatic amines is 1. The minimum Gasteiger partial charge on any atom is -0.393 e. The smallest absolute Gasteiger partial charge is 0.226 e. The minimum absolute atomic E-state index is 0.0607. The number of aliphatic hydroxyl groups excluding tert-OH is 1. The van der Waals surface area contributed by atoms with Crippen molar-refractivity contribution in [3.8, 4) is 0 Å². The molecule has 0 aromatic carbocycles. The van der Waals surface area contributed by atoms with Gasteiger partial charge in [-0.25, -0.2) is 4.98 Å². The lowest BCUT2D eigenvalue weighted by molar-refractivity contribution is -0.122. The van der Waals surface area contributed by atoms with Crippen molar-refractivity contribution < 1.29 is 9.90 Å². The molecular formula is C14H19N5O2. The molecule has 0 bridgehead atoms. The van der Waals surface area contributed by atoms with Crippen LogP contribution in [0.15, 0.2) is 24.9 Å². The van der Waals surface area contributed by atoms with Gasteiger partial charge < -0.3 is 15.4 Å². The van der Waals surface area contributed by atoms with Crippen molar-refractivity contribution in [1.82, 2.24) is 25.1 Å². The molecule has 7 heteroatoms. The van der Waals surface area contributed by atoms with E-state index >= 15 is 0 Å². The van der Waals surface area contributed by atoms with Crippen LogP contribution in [0.3, 0.4) is 0 Å². The first-order valence-corrected chi connectivity index (χ1v) is 7.05. The quantitative estimate of drug-likeness (QED) is 0.738. The molecule has 0 spiro atoms. The summed E-state index contributed by atoms with van der Waals surface area (Å²) in [5.41, 5.74) is 1.76. The standard InChI is InChI=1S/C14H19N5O2/c1-19-7-10(5-17-19)14(9-2-12(20)3-9)18-13(21)4-11-6-15-8-16-11/h5-9,12,14,20H,2-4H2,1H3,(H,15,16)(H,18,21). The average Bonchev–Trinajstić information content (AvgIpc) is 3.04. The predicted octanol–water partition coefficient (Wildman–Crippen LogP) is 0.314. The van der Waals surface area contributed by atoms with Gasteiger partial charge in [0.1, 0.15) is 0 Å². The Bertz CT molecular complexity index is 601.